The molecular formula is C17H26N2O3. The van der Waals surface area contributed by atoms with Gasteiger partial charge in [0.1, 0.15) is 5.60 Å². The third-order valence-electron chi connectivity index (χ3n) is 4.09. The van der Waals surface area contributed by atoms with E-state index in [1.54, 1.807) is 6.08 Å². The van der Waals surface area contributed by atoms with E-state index in [4.69, 9.17) is 10.5 Å². The van der Waals surface area contributed by atoms with Crippen LogP contribution in [0.1, 0.15) is 52.4 Å². The highest BCUT2D eigenvalue weighted by Gasteiger charge is 2.32. The molecule has 0 fully saturated rings. The van der Waals surface area contributed by atoms with Crippen LogP contribution < -0.4 is 5.73 Å². The minimum Gasteiger partial charge on any atom is -0.443 e. The Bertz CT molecular complexity index is 463. The predicted octanol–water partition coefficient (Wildman–Crippen LogP) is 3.65. The Morgan fingerprint density at radius 3 is 2.27 bits per heavy atom. The summed E-state index contributed by atoms with van der Waals surface area (Å²) in [4.78, 5) is 24.0. The van der Waals surface area contributed by atoms with Crippen molar-refractivity contribution in [2.45, 2.75) is 64.0 Å². The van der Waals surface area contributed by atoms with Gasteiger partial charge >= 0.3 is 6.09 Å². The van der Waals surface area contributed by atoms with E-state index >= 15 is 0 Å². The van der Waals surface area contributed by atoms with E-state index < -0.39 is 11.7 Å². The SMILES string of the molecule is CC(C)(OC(N)=O)C1CC=CCC1.O=C=NC1CC=CCC1. The highest BCUT2D eigenvalue weighted by molar-refractivity contribution is 5.65. The second kappa shape index (κ2) is 9.21. The predicted molar refractivity (Wildman–Crippen MR) is 86.1 cm³/mol. The van der Waals surface area contributed by atoms with Gasteiger partial charge in [0, 0.05) is 5.92 Å². The normalized spacial score (nSPS) is 23.7. The molecule has 0 aromatic heterocycles. The summed E-state index contributed by atoms with van der Waals surface area (Å²) in [5.74, 6) is 0.394. The van der Waals surface area contributed by atoms with Crippen LogP contribution in [-0.4, -0.2) is 23.8 Å². The molecule has 2 aliphatic rings. The molecule has 0 heterocycles. The van der Waals surface area contributed by atoms with Gasteiger partial charge in [0.2, 0.25) is 6.08 Å². The molecule has 5 nitrogen and oxygen atoms in total. The summed E-state index contributed by atoms with van der Waals surface area (Å²) < 4.78 is 5.08. The monoisotopic (exact) mass is 306 g/mol. The van der Waals surface area contributed by atoms with Gasteiger partial charge < -0.3 is 10.5 Å². The first-order chi connectivity index (χ1) is 10.5. The lowest BCUT2D eigenvalue weighted by molar-refractivity contribution is -0.00437. The van der Waals surface area contributed by atoms with Gasteiger partial charge in [-0.25, -0.2) is 14.6 Å². The molecule has 0 radical (unpaired) electrons. The van der Waals surface area contributed by atoms with Gasteiger partial charge in [0.15, 0.2) is 0 Å². The van der Waals surface area contributed by atoms with Crippen molar-refractivity contribution in [3.63, 3.8) is 0 Å². The summed E-state index contributed by atoms with van der Waals surface area (Å²) in [6.45, 7) is 3.84. The van der Waals surface area contributed by atoms with Crippen molar-refractivity contribution in [3.05, 3.63) is 24.3 Å². The lowest BCUT2D eigenvalue weighted by Gasteiger charge is -2.34. The third-order valence-corrected chi connectivity index (χ3v) is 4.09. The average Bonchev–Trinajstić information content (AvgIpc) is 2.49. The number of carbonyl (C=O) groups is 1. The van der Waals surface area contributed by atoms with E-state index in [9.17, 15) is 9.59 Å². The number of carbonyl (C=O) groups excluding carboxylic acids is 2. The van der Waals surface area contributed by atoms with Crippen LogP contribution in [0.15, 0.2) is 29.3 Å². The van der Waals surface area contributed by atoms with Crippen molar-refractivity contribution in [2.75, 3.05) is 0 Å². The molecule has 0 saturated heterocycles. The zero-order valence-electron chi connectivity index (χ0n) is 13.5. The molecule has 0 aromatic carbocycles. The number of allylic oxidation sites excluding steroid dienone is 3. The van der Waals surface area contributed by atoms with E-state index in [1.165, 1.54) is 0 Å². The Morgan fingerprint density at radius 1 is 1.18 bits per heavy atom. The Labute approximate surface area is 132 Å². The summed E-state index contributed by atoms with van der Waals surface area (Å²) >= 11 is 0. The number of nitrogens with two attached hydrogens (primary N) is 1. The van der Waals surface area contributed by atoms with Gasteiger partial charge in [-0.2, -0.15) is 0 Å². The van der Waals surface area contributed by atoms with Crippen LogP contribution in [0.3, 0.4) is 0 Å². The number of rotatable bonds is 3. The maximum absolute atomic E-state index is 10.6. The second-order valence-corrected chi connectivity index (χ2v) is 6.16. The number of hydrogen-bond donors (Lipinski definition) is 1. The molecule has 122 valence electrons. The molecule has 22 heavy (non-hydrogen) atoms. The van der Waals surface area contributed by atoms with Crippen LogP contribution in [0, 0.1) is 5.92 Å². The van der Waals surface area contributed by atoms with E-state index in [1.807, 2.05) is 13.8 Å². The van der Waals surface area contributed by atoms with E-state index in [-0.39, 0.29) is 6.04 Å². The molecule has 2 N–H and O–H groups in total. The maximum atomic E-state index is 10.6. The Kier molecular flexibility index (Phi) is 7.61. The van der Waals surface area contributed by atoms with Crippen molar-refractivity contribution >= 4 is 12.2 Å². The van der Waals surface area contributed by atoms with E-state index in [0.717, 1.165) is 38.5 Å². The molecule has 5 heteroatoms. The van der Waals surface area contributed by atoms with Crippen molar-refractivity contribution in [2.24, 2.45) is 16.6 Å². The molecule has 2 rings (SSSR count). The summed E-state index contributed by atoms with van der Waals surface area (Å²) in [6, 6.07) is 0.215. The second-order valence-electron chi connectivity index (χ2n) is 6.16. The van der Waals surface area contributed by atoms with Gasteiger partial charge in [-0.3, -0.25) is 0 Å². The number of ether oxygens (including phenoxy) is 1. The summed E-state index contributed by atoms with van der Waals surface area (Å²) in [7, 11) is 0. The third kappa shape index (κ3) is 6.72. The average molecular weight is 306 g/mol. The smallest absolute Gasteiger partial charge is 0.405 e. The molecule has 2 unspecified atom stereocenters. The van der Waals surface area contributed by atoms with Crippen LogP contribution in [0.4, 0.5) is 4.79 Å². The van der Waals surface area contributed by atoms with Gasteiger partial charge in [0.05, 0.1) is 6.04 Å². The zero-order valence-corrected chi connectivity index (χ0v) is 13.5. The fraction of sp³-hybridized carbons (Fsp3) is 0.647. The number of isocyanates is 1. The Hall–Kier alpha value is -1.87. The number of aliphatic imine (C=N–C) groups is 1. The van der Waals surface area contributed by atoms with Gasteiger partial charge in [0.25, 0.3) is 0 Å². The van der Waals surface area contributed by atoms with Crippen molar-refractivity contribution in [3.8, 4) is 0 Å². The molecule has 2 atom stereocenters. The molecule has 0 aliphatic heterocycles. The molecule has 0 saturated carbocycles. The van der Waals surface area contributed by atoms with Crippen LogP contribution in [0.25, 0.3) is 0 Å². The van der Waals surface area contributed by atoms with Crippen molar-refractivity contribution < 1.29 is 14.3 Å². The lowest BCUT2D eigenvalue weighted by atomic mass is 9.81. The highest BCUT2D eigenvalue weighted by Crippen LogP contribution is 2.31. The number of primary amides is 1. The lowest BCUT2D eigenvalue weighted by Crippen LogP contribution is -2.38. The first-order valence-corrected chi connectivity index (χ1v) is 7.81. The van der Waals surface area contributed by atoms with E-state index in [0.29, 0.717) is 5.92 Å². The van der Waals surface area contributed by atoms with Crippen LogP contribution >= 0.6 is 0 Å². The topological polar surface area (TPSA) is 81.8 Å². The largest absolute Gasteiger partial charge is 0.443 e. The van der Waals surface area contributed by atoms with Gasteiger partial charge in [-0.1, -0.05) is 24.3 Å². The zero-order chi connectivity index (χ0) is 16.4. The number of nitrogens with zero attached hydrogens (tertiary/aromatic N) is 1. The first-order valence-electron chi connectivity index (χ1n) is 7.81. The standard InChI is InChI=1S/C10H17NO2.C7H9NO/c1-10(2,13-9(11)12)8-6-4-3-5-7-8;9-6-8-7-4-2-1-3-5-7/h3-4,8H,5-7H2,1-2H3,(H2,11,12);1-2,7H,3-5H2. The van der Waals surface area contributed by atoms with Crippen LogP contribution in [0.5, 0.6) is 0 Å². The molecule has 0 aromatic rings. The van der Waals surface area contributed by atoms with Crippen molar-refractivity contribution in [1.29, 1.82) is 0 Å². The summed E-state index contributed by atoms with van der Waals surface area (Å²) in [5.41, 5.74) is 4.57. The Balaban J connectivity index is 0.000000235. The van der Waals surface area contributed by atoms with E-state index in [2.05, 4.69) is 29.3 Å². The van der Waals surface area contributed by atoms with Gasteiger partial charge in [-0.05, 0) is 52.4 Å². The molecule has 0 spiro atoms. The van der Waals surface area contributed by atoms with Crippen molar-refractivity contribution in [1.82, 2.24) is 0 Å². The summed E-state index contributed by atoms with van der Waals surface area (Å²) in [5, 5.41) is 0. The fourth-order valence-electron chi connectivity index (χ4n) is 2.74. The molecule has 1 amide bonds. The summed E-state index contributed by atoms with van der Waals surface area (Å²) in [6.07, 6.45) is 15.5. The number of amides is 1. The highest BCUT2D eigenvalue weighted by atomic mass is 16.6. The Morgan fingerprint density at radius 2 is 1.82 bits per heavy atom. The van der Waals surface area contributed by atoms with Crippen LogP contribution in [-0.2, 0) is 9.53 Å². The molecule has 2 aliphatic carbocycles. The first kappa shape index (κ1) is 18.2. The molecule has 0 bridgehead atoms. The number of hydrogen-bond acceptors (Lipinski definition) is 4. The van der Waals surface area contributed by atoms with Crippen LogP contribution in [0.2, 0.25) is 0 Å². The quantitative estimate of drug-likeness (QED) is 0.491. The fourth-order valence-corrected chi connectivity index (χ4v) is 2.74. The molecular weight excluding hydrogens is 280 g/mol. The van der Waals surface area contributed by atoms with Gasteiger partial charge in [-0.15, -0.1) is 0 Å². The minimum atomic E-state index is -0.681. The maximum Gasteiger partial charge on any atom is 0.405 e. The minimum absolute atomic E-state index is 0.215.